The van der Waals surface area contributed by atoms with Crippen LogP contribution in [0.2, 0.25) is 0 Å². The van der Waals surface area contributed by atoms with Gasteiger partial charge < -0.3 is 14.4 Å². The maximum atomic E-state index is 14.2. The molecular formula is C33H35N3O7S2. The molecule has 12 heteroatoms. The molecule has 3 amide bonds. The minimum atomic E-state index is -0.805. The van der Waals surface area contributed by atoms with Gasteiger partial charge in [-0.15, -0.1) is 0 Å². The van der Waals surface area contributed by atoms with Crippen molar-refractivity contribution < 1.29 is 28.7 Å². The number of imide groups is 1. The number of ether oxygens (including phenoxy) is 2. The summed E-state index contributed by atoms with van der Waals surface area (Å²) in [6.45, 7) is 9.97. The number of anilines is 1. The van der Waals surface area contributed by atoms with Crippen LogP contribution in [-0.4, -0.2) is 71.3 Å². The SMILES string of the molecule is CCOC(=O)c1ccc(N2C(=O)[C@H]3[C@H](c4ccc(C(C)(C)C)cc4)c4sc(=O)n(CC(=O)N5CCOCC5)c4S[C@H]3C2=O)cc1. The molecule has 3 aliphatic rings. The van der Waals surface area contributed by atoms with Gasteiger partial charge in [0.05, 0.1) is 42.0 Å². The van der Waals surface area contributed by atoms with Crippen molar-refractivity contribution in [3.8, 4) is 0 Å². The van der Waals surface area contributed by atoms with E-state index in [0.717, 1.165) is 22.5 Å². The normalized spacial score (nSPS) is 21.5. The zero-order valence-corrected chi connectivity index (χ0v) is 27.2. The zero-order chi connectivity index (χ0) is 32.0. The number of thioether (sulfide) groups is 1. The molecule has 0 N–H and O–H groups in total. The lowest BCUT2D eigenvalue weighted by atomic mass is 9.81. The highest BCUT2D eigenvalue weighted by molar-refractivity contribution is 8.00. The fourth-order valence-corrected chi connectivity index (χ4v) is 8.84. The minimum absolute atomic E-state index is 0.0890. The second kappa shape index (κ2) is 12.2. The summed E-state index contributed by atoms with van der Waals surface area (Å²) in [5, 5.41) is -0.251. The summed E-state index contributed by atoms with van der Waals surface area (Å²) >= 11 is 2.22. The third-order valence-electron chi connectivity index (χ3n) is 8.48. The zero-order valence-electron chi connectivity index (χ0n) is 25.6. The average Bonchev–Trinajstić information content (AvgIpc) is 3.47. The van der Waals surface area contributed by atoms with E-state index >= 15 is 0 Å². The lowest BCUT2D eigenvalue weighted by Gasteiger charge is -2.31. The third-order valence-corrected chi connectivity index (χ3v) is 11.1. The molecule has 0 saturated carbocycles. The second-order valence-electron chi connectivity index (χ2n) is 12.3. The van der Waals surface area contributed by atoms with Gasteiger partial charge in [-0.05, 0) is 47.7 Å². The van der Waals surface area contributed by atoms with Crippen LogP contribution >= 0.6 is 23.1 Å². The van der Waals surface area contributed by atoms with E-state index < -0.39 is 29.0 Å². The Bertz CT molecular complexity index is 1700. The van der Waals surface area contributed by atoms with Gasteiger partial charge >= 0.3 is 10.8 Å². The molecule has 2 aromatic carbocycles. The standard InChI is InChI=1S/C33H35N3O7S2/c1-5-43-31(40)20-8-12-22(13-9-20)36-28(38)25-24(19-6-10-21(11-7-19)33(2,3)4)27-30(44-26(25)29(36)39)35(32(41)45-27)18-23(37)34-14-16-42-17-15-34/h6-13,24-26H,5,14-18H2,1-4H3/t24-,25-,26+/m0/s1. The summed E-state index contributed by atoms with van der Waals surface area (Å²) in [4.78, 5) is 70.4. The number of hydrogen-bond donors (Lipinski definition) is 0. The van der Waals surface area contributed by atoms with Crippen molar-refractivity contribution in [2.24, 2.45) is 5.92 Å². The topological polar surface area (TPSA) is 115 Å². The summed E-state index contributed by atoms with van der Waals surface area (Å²) in [5.74, 6) is -2.76. The van der Waals surface area contributed by atoms with Crippen molar-refractivity contribution in [1.29, 1.82) is 0 Å². The van der Waals surface area contributed by atoms with Crippen molar-refractivity contribution in [3.63, 3.8) is 0 Å². The van der Waals surface area contributed by atoms with Gasteiger partial charge in [0, 0.05) is 23.9 Å². The molecule has 0 aliphatic carbocycles. The van der Waals surface area contributed by atoms with Crippen LogP contribution in [0.15, 0.2) is 58.4 Å². The molecule has 4 heterocycles. The molecule has 3 aromatic rings. The van der Waals surface area contributed by atoms with Crippen molar-refractivity contribution in [2.45, 2.75) is 55.8 Å². The molecule has 2 saturated heterocycles. The molecule has 0 spiro atoms. The number of esters is 1. The number of benzene rings is 2. The van der Waals surface area contributed by atoms with Crippen molar-refractivity contribution in [2.75, 3.05) is 37.8 Å². The Labute approximate surface area is 269 Å². The van der Waals surface area contributed by atoms with Gasteiger partial charge in [0.1, 0.15) is 11.8 Å². The number of hydrogen-bond acceptors (Lipinski definition) is 9. The Morgan fingerprint density at radius 1 is 0.956 bits per heavy atom. The predicted octanol–water partition coefficient (Wildman–Crippen LogP) is 4.04. The molecule has 45 heavy (non-hydrogen) atoms. The molecule has 236 valence electrons. The lowest BCUT2D eigenvalue weighted by Crippen LogP contribution is -2.43. The van der Waals surface area contributed by atoms with E-state index in [0.29, 0.717) is 47.5 Å². The van der Waals surface area contributed by atoms with Crippen LogP contribution in [0, 0.1) is 5.92 Å². The Morgan fingerprint density at radius 2 is 1.62 bits per heavy atom. The van der Waals surface area contributed by atoms with Crippen LogP contribution in [0.3, 0.4) is 0 Å². The fourth-order valence-electron chi connectivity index (χ4n) is 6.07. The van der Waals surface area contributed by atoms with E-state index in [2.05, 4.69) is 20.8 Å². The first-order valence-electron chi connectivity index (χ1n) is 15.0. The Morgan fingerprint density at radius 3 is 2.24 bits per heavy atom. The Balaban J connectivity index is 1.40. The number of aromatic nitrogens is 1. The maximum absolute atomic E-state index is 14.2. The van der Waals surface area contributed by atoms with E-state index in [1.54, 1.807) is 24.0 Å². The number of rotatable bonds is 6. The van der Waals surface area contributed by atoms with Crippen molar-refractivity contribution in [3.05, 3.63) is 79.8 Å². The maximum Gasteiger partial charge on any atom is 0.338 e. The second-order valence-corrected chi connectivity index (χ2v) is 14.4. The first-order valence-corrected chi connectivity index (χ1v) is 16.7. The van der Waals surface area contributed by atoms with Gasteiger partial charge in [-0.3, -0.25) is 23.7 Å². The van der Waals surface area contributed by atoms with E-state index in [-0.39, 0.29) is 35.3 Å². The predicted molar refractivity (Wildman–Crippen MR) is 171 cm³/mol. The molecule has 6 rings (SSSR count). The van der Waals surface area contributed by atoms with Gasteiger partial charge in [0.25, 0.3) is 0 Å². The van der Waals surface area contributed by atoms with Gasteiger partial charge in [-0.2, -0.15) is 0 Å². The molecular weight excluding hydrogens is 615 g/mol. The molecule has 1 aromatic heterocycles. The molecule has 10 nitrogen and oxygen atoms in total. The molecule has 0 radical (unpaired) electrons. The number of morpholine rings is 1. The number of carbonyl (C=O) groups is 4. The number of carbonyl (C=O) groups excluding carboxylic acids is 4. The quantitative estimate of drug-likeness (QED) is 0.291. The number of thiazole rings is 1. The molecule has 3 atom stereocenters. The van der Waals surface area contributed by atoms with Crippen LogP contribution in [0.25, 0.3) is 0 Å². The summed E-state index contributed by atoms with van der Waals surface area (Å²) in [7, 11) is 0. The summed E-state index contributed by atoms with van der Waals surface area (Å²) in [6.07, 6.45) is 0. The van der Waals surface area contributed by atoms with Gasteiger partial charge in [0.15, 0.2) is 0 Å². The largest absolute Gasteiger partial charge is 0.462 e. The van der Waals surface area contributed by atoms with Gasteiger partial charge in [-0.25, -0.2) is 9.69 Å². The Kier molecular flexibility index (Phi) is 8.49. The first-order chi connectivity index (χ1) is 21.5. The van der Waals surface area contributed by atoms with E-state index in [1.165, 1.54) is 33.4 Å². The number of amides is 3. The molecule has 0 bridgehead atoms. The minimum Gasteiger partial charge on any atom is -0.462 e. The monoisotopic (exact) mass is 649 g/mol. The van der Waals surface area contributed by atoms with E-state index in [1.807, 2.05) is 24.3 Å². The average molecular weight is 650 g/mol. The van der Waals surface area contributed by atoms with Crippen LogP contribution < -0.4 is 9.77 Å². The van der Waals surface area contributed by atoms with Crippen LogP contribution in [-0.2, 0) is 35.8 Å². The smallest absolute Gasteiger partial charge is 0.338 e. The summed E-state index contributed by atoms with van der Waals surface area (Å²) in [6, 6.07) is 14.2. The van der Waals surface area contributed by atoms with E-state index in [4.69, 9.17) is 9.47 Å². The van der Waals surface area contributed by atoms with Gasteiger partial charge in [0.2, 0.25) is 17.7 Å². The molecule has 2 fully saturated rings. The van der Waals surface area contributed by atoms with Crippen LogP contribution in [0.4, 0.5) is 5.69 Å². The van der Waals surface area contributed by atoms with E-state index in [9.17, 15) is 24.0 Å². The molecule has 0 unspecified atom stereocenters. The number of nitrogens with zero attached hydrogens (tertiary/aromatic N) is 3. The highest BCUT2D eigenvalue weighted by atomic mass is 32.2. The van der Waals surface area contributed by atoms with Crippen molar-refractivity contribution in [1.82, 2.24) is 9.47 Å². The highest BCUT2D eigenvalue weighted by Gasteiger charge is 2.57. The highest BCUT2D eigenvalue weighted by Crippen LogP contribution is 2.54. The fraction of sp³-hybridized carbons (Fsp3) is 0.424. The number of fused-ring (bicyclic) bond motifs is 2. The van der Waals surface area contributed by atoms with Crippen molar-refractivity contribution >= 4 is 52.5 Å². The summed E-state index contributed by atoms with van der Waals surface area (Å²) in [5.41, 5.74) is 2.53. The summed E-state index contributed by atoms with van der Waals surface area (Å²) < 4.78 is 11.9. The lowest BCUT2D eigenvalue weighted by molar-refractivity contribution is -0.136. The van der Waals surface area contributed by atoms with Crippen LogP contribution in [0.5, 0.6) is 0 Å². The molecule has 3 aliphatic heterocycles. The first kappa shape index (κ1) is 31.3. The van der Waals surface area contributed by atoms with Gasteiger partial charge in [-0.1, -0.05) is 68.1 Å². The van der Waals surface area contributed by atoms with Crippen LogP contribution in [0.1, 0.15) is 60.0 Å². The third kappa shape index (κ3) is 5.75. The Hall–Kier alpha value is -3.74.